The van der Waals surface area contributed by atoms with Gasteiger partial charge in [-0.15, -0.1) is 24.0 Å². The largest absolute Gasteiger partial charge is 0.484 e. The molecule has 0 aliphatic carbocycles. The first kappa shape index (κ1) is 24.7. The maximum absolute atomic E-state index is 11.7. The van der Waals surface area contributed by atoms with Gasteiger partial charge in [-0.3, -0.25) is 9.79 Å². The first-order valence-electron chi connectivity index (χ1n) is 9.28. The van der Waals surface area contributed by atoms with Crippen molar-refractivity contribution in [2.75, 3.05) is 34.8 Å². The van der Waals surface area contributed by atoms with E-state index in [1.54, 1.807) is 21.1 Å². The Balaban J connectivity index is 0.00000420. The van der Waals surface area contributed by atoms with Crippen LogP contribution < -0.4 is 10.1 Å². The van der Waals surface area contributed by atoms with Gasteiger partial charge in [0.05, 0.1) is 0 Å². The Morgan fingerprint density at radius 2 is 1.76 bits per heavy atom. The average Bonchev–Trinajstić information content (AvgIpc) is 2.68. The summed E-state index contributed by atoms with van der Waals surface area (Å²) in [7, 11) is 7.22. The number of hydrogen-bond donors (Lipinski definition) is 1. The molecule has 0 radical (unpaired) electrons. The molecule has 0 aromatic heterocycles. The Bertz CT molecular complexity index is 807. The maximum Gasteiger partial charge on any atom is 0.259 e. The molecule has 158 valence electrons. The molecule has 0 aliphatic rings. The van der Waals surface area contributed by atoms with Gasteiger partial charge in [0.25, 0.3) is 5.91 Å². The second kappa shape index (κ2) is 12.3. The molecule has 0 bridgehead atoms. The van der Waals surface area contributed by atoms with Crippen LogP contribution in [0.2, 0.25) is 0 Å². The molecular formula is C22H31IN4O2. The van der Waals surface area contributed by atoms with Crippen LogP contribution in [0, 0.1) is 6.92 Å². The number of aliphatic imine (C=N–C) groups is 1. The highest BCUT2D eigenvalue weighted by atomic mass is 127. The number of benzene rings is 2. The van der Waals surface area contributed by atoms with Gasteiger partial charge in [0.1, 0.15) is 5.75 Å². The normalized spacial score (nSPS) is 10.7. The lowest BCUT2D eigenvalue weighted by molar-refractivity contribution is -0.130. The van der Waals surface area contributed by atoms with Gasteiger partial charge >= 0.3 is 0 Å². The van der Waals surface area contributed by atoms with E-state index in [-0.39, 0.29) is 36.5 Å². The topological polar surface area (TPSA) is 57.2 Å². The lowest BCUT2D eigenvalue weighted by atomic mass is 10.1. The fourth-order valence-corrected chi connectivity index (χ4v) is 2.63. The third-order valence-corrected chi connectivity index (χ3v) is 4.32. The van der Waals surface area contributed by atoms with Gasteiger partial charge in [-0.2, -0.15) is 0 Å². The summed E-state index contributed by atoms with van der Waals surface area (Å²) in [4.78, 5) is 19.6. The van der Waals surface area contributed by atoms with Gasteiger partial charge in [0.2, 0.25) is 0 Å². The highest BCUT2D eigenvalue weighted by molar-refractivity contribution is 14.0. The van der Waals surface area contributed by atoms with Crippen LogP contribution in [-0.4, -0.2) is 56.5 Å². The molecule has 0 saturated heterocycles. The molecule has 7 heteroatoms. The zero-order valence-corrected chi connectivity index (χ0v) is 20.1. The van der Waals surface area contributed by atoms with E-state index >= 15 is 0 Å². The first-order chi connectivity index (χ1) is 13.4. The molecule has 0 unspecified atom stereocenters. The zero-order valence-electron chi connectivity index (χ0n) is 17.8. The summed E-state index contributed by atoms with van der Waals surface area (Å²) in [6, 6.07) is 16.2. The number of aryl methyl sites for hydroxylation is 1. The molecule has 2 rings (SSSR count). The van der Waals surface area contributed by atoms with Crippen LogP contribution in [0.25, 0.3) is 0 Å². The second-order valence-corrected chi connectivity index (χ2v) is 6.97. The fourth-order valence-electron chi connectivity index (χ4n) is 2.63. The molecule has 29 heavy (non-hydrogen) atoms. The van der Waals surface area contributed by atoms with Gasteiger partial charge in [-0.1, -0.05) is 42.0 Å². The van der Waals surface area contributed by atoms with Gasteiger partial charge in [-0.25, -0.2) is 0 Å². The van der Waals surface area contributed by atoms with E-state index in [2.05, 4.69) is 46.4 Å². The van der Waals surface area contributed by atoms with Gasteiger partial charge in [-0.05, 0) is 30.2 Å². The number of hydrogen-bond acceptors (Lipinski definition) is 3. The molecule has 2 aromatic rings. The first-order valence-corrected chi connectivity index (χ1v) is 9.28. The molecule has 0 heterocycles. The maximum atomic E-state index is 11.7. The molecule has 1 amide bonds. The lowest BCUT2D eigenvalue weighted by Gasteiger charge is -2.22. The summed E-state index contributed by atoms with van der Waals surface area (Å²) in [5.41, 5.74) is 3.54. The molecule has 6 nitrogen and oxygen atoms in total. The summed E-state index contributed by atoms with van der Waals surface area (Å²) >= 11 is 0. The van der Waals surface area contributed by atoms with Crippen molar-refractivity contribution in [3.63, 3.8) is 0 Å². The Kier molecular flexibility index (Phi) is 10.5. The number of amides is 1. The summed E-state index contributed by atoms with van der Waals surface area (Å²) in [5.74, 6) is 1.42. The van der Waals surface area contributed by atoms with Crippen molar-refractivity contribution in [1.29, 1.82) is 0 Å². The fraction of sp³-hybridized carbons (Fsp3) is 0.364. The smallest absolute Gasteiger partial charge is 0.259 e. The highest BCUT2D eigenvalue weighted by Gasteiger charge is 2.08. The highest BCUT2D eigenvalue weighted by Crippen LogP contribution is 2.13. The number of halogens is 1. The van der Waals surface area contributed by atoms with Crippen LogP contribution in [0.4, 0.5) is 0 Å². The lowest BCUT2D eigenvalue weighted by Crippen LogP contribution is -2.38. The molecule has 0 spiro atoms. The van der Waals surface area contributed by atoms with Crippen molar-refractivity contribution in [3.05, 3.63) is 65.2 Å². The Labute approximate surface area is 191 Å². The molecule has 0 aliphatic heterocycles. The second-order valence-electron chi connectivity index (χ2n) is 6.97. The van der Waals surface area contributed by atoms with E-state index in [4.69, 9.17) is 4.74 Å². The van der Waals surface area contributed by atoms with Crippen molar-refractivity contribution in [2.24, 2.45) is 4.99 Å². The van der Waals surface area contributed by atoms with Gasteiger partial charge in [0.15, 0.2) is 12.6 Å². The van der Waals surface area contributed by atoms with E-state index in [0.29, 0.717) is 12.3 Å². The molecule has 2 aromatic carbocycles. The van der Waals surface area contributed by atoms with Crippen LogP contribution in [0.5, 0.6) is 5.75 Å². The van der Waals surface area contributed by atoms with Crippen LogP contribution in [0.1, 0.15) is 16.7 Å². The van der Waals surface area contributed by atoms with Crippen molar-refractivity contribution in [1.82, 2.24) is 15.1 Å². The van der Waals surface area contributed by atoms with Gasteiger partial charge < -0.3 is 19.9 Å². The number of ether oxygens (including phenoxy) is 1. The third kappa shape index (κ3) is 8.31. The Hall–Kier alpha value is -2.29. The van der Waals surface area contributed by atoms with E-state index in [1.807, 2.05) is 31.3 Å². The SMILES string of the molecule is CN=C(NCc1cccc(OCC(=O)N(C)C)c1)N(C)Cc1ccc(C)cc1.I. The quantitative estimate of drug-likeness (QED) is 0.353. The minimum Gasteiger partial charge on any atom is -0.484 e. The number of nitrogens with zero attached hydrogens (tertiary/aromatic N) is 3. The van der Waals surface area contributed by atoms with Crippen LogP contribution in [-0.2, 0) is 17.9 Å². The number of guanidine groups is 1. The van der Waals surface area contributed by atoms with Gasteiger partial charge in [0, 0.05) is 41.3 Å². The summed E-state index contributed by atoms with van der Waals surface area (Å²) < 4.78 is 5.58. The average molecular weight is 510 g/mol. The standard InChI is InChI=1S/C22H30N4O2.HI/c1-17-9-11-18(12-10-17)15-26(5)22(23-2)24-14-19-7-6-8-20(13-19)28-16-21(27)25(3)4;/h6-13H,14-16H2,1-5H3,(H,23,24);1H. The van der Waals surface area contributed by atoms with Crippen molar-refractivity contribution >= 4 is 35.8 Å². The molecular weight excluding hydrogens is 479 g/mol. The molecule has 1 N–H and O–H groups in total. The van der Waals surface area contributed by atoms with E-state index in [9.17, 15) is 4.79 Å². The van der Waals surface area contributed by atoms with Crippen LogP contribution >= 0.6 is 24.0 Å². The Morgan fingerprint density at radius 1 is 1.07 bits per heavy atom. The number of nitrogens with one attached hydrogen (secondary N) is 1. The zero-order chi connectivity index (χ0) is 20.5. The van der Waals surface area contributed by atoms with Crippen LogP contribution in [0.3, 0.4) is 0 Å². The van der Waals surface area contributed by atoms with E-state index in [0.717, 1.165) is 18.1 Å². The minimum atomic E-state index is -0.0679. The molecule has 0 fully saturated rings. The third-order valence-electron chi connectivity index (χ3n) is 4.32. The van der Waals surface area contributed by atoms with Crippen molar-refractivity contribution < 1.29 is 9.53 Å². The number of rotatable bonds is 7. The number of likely N-dealkylation sites (N-methyl/N-ethyl adjacent to an activating group) is 1. The molecule has 0 saturated carbocycles. The summed E-state index contributed by atoms with van der Waals surface area (Å²) in [5, 5.41) is 3.37. The summed E-state index contributed by atoms with van der Waals surface area (Å²) in [6.07, 6.45) is 0. The van der Waals surface area contributed by atoms with E-state index in [1.165, 1.54) is 16.0 Å². The summed E-state index contributed by atoms with van der Waals surface area (Å²) in [6.45, 7) is 3.51. The predicted molar refractivity (Wildman–Crippen MR) is 129 cm³/mol. The van der Waals surface area contributed by atoms with Crippen molar-refractivity contribution in [3.8, 4) is 5.75 Å². The molecule has 0 atom stereocenters. The van der Waals surface area contributed by atoms with Crippen LogP contribution in [0.15, 0.2) is 53.5 Å². The van der Waals surface area contributed by atoms with Crippen molar-refractivity contribution in [2.45, 2.75) is 20.0 Å². The monoisotopic (exact) mass is 510 g/mol. The number of carbonyl (C=O) groups is 1. The van der Waals surface area contributed by atoms with E-state index < -0.39 is 0 Å². The minimum absolute atomic E-state index is 0. The Morgan fingerprint density at radius 3 is 2.38 bits per heavy atom. The predicted octanol–water partition coefficient (Wildman–Crippen LogP) is 3.29. The number of carbonyl (C=O) groups excluding carboxylic acids is 1.